The van der Waals surface area contributed by atoms with Crippen molar-refractivity contribution in [2.75, 3.05) is 11.9 Å². The summed E-state index contributed by atoms with van der Waals surface area (Å²) in [6.45, 7) is 6.81. The quantitative estimate of drug-likeness (QED) is 0.857. The van der Waals surface area contributed by atoms with Crippen molar-refractivity contribution in [1.82, 2.24) is 4.37 Å². The highest BCUT2D eigenvalue weighted by atomic mass is 32.1. The first-order chi connectivity index (χ1) is 7.57. The van der Waals surface area contributed by atoms with Gasteiger partial charge in [0, 0.05) is 6.61 Å². The Labute approximate surface area is 99.4 Å². The van der Waals surface area contributed by atoms with E-state index in [1.54, 1.807) is 0 Å². The SMILES string of the molecule is Cc1nsc(NC2(C)CCOC2C)c1C#N. The smallest absolute Gasteiger partial charge is 0.128 e. The number of rotatable bonds is 2. The molecule has 1 fully saturated rings. The van der Waals surface area contributed by atoms with Gasteiger partial charge in [-0.05, 0) is 38.7 Å². The van der Waals surface area contributed by atoms with E-state index in [0.717, 1.165) is 23.7 Å². The van der Waals surface area contributed by atoms with Crippen molar-refractivity contribution in [2.45, 2.75) is 38.8 Å². The number of nitrogens with one attached hydrogen (secondary N) is 1. The minimum absolute atomic E-state index is 0.0927. The number of anilines is 1. The van der Waals surface area contributed by atoms with Crippen LogP contribution in [-0.2, 0) is 4.74 Å². The molecule has 1 N–H and O–H groups in total. The number of nitriles is 1. The topological polar surface area (TPSA) is 57.9 Å². The van der Waals surface area contributed by atoms with Crippen LogP contribution in [0.1, 0.15) is 31.5 Å². The van der Waals surface area contributed by atoms with E-state index in [-0.39, 0.29) is 11.6 Å². The summed E-state index contributed by atoms with van der Waals surface area (Å²) in [6.07, 6.45) is 1.11. The molecule has 16 heavy (non-hydrogen) atoms. The first-order valence-electron chi connectivity index (χ1n) is 5.33. The Morgan fingerprint density at radius 1 is 1.69 bits per heavy atom. The lowest BCUT2D eigenvalue weighted by Gasteiger charge is -2.29. The second-order valence-electron chi connectivity index (χ2n) is 4.39. The van der Waals surface area contributed by atoms with E-state index in [4.69, 9.17) is 10.00 Å². The molecule has 1 saturated heterocycles. The highest BCUT2D eigenvalue weighted by molar-refractivity contribution is 7.10. The summed E-state index contributed by atoms with van der Waals surface area (Å²) in [5, 5.41) is 13.3. The van der Waals surface area contributed by atoms with Gasteiger partial charge in [0.1, 0.15) is 16.6 Å². The molecule has 0 spiro atoms. The minimum Gasteiger partial charge on any atom is -0.376 e. The number of hydrogen-bond donors (Lipinski definition) is 1. The van der Waals surface area contributed by atoms with E-state index in [9.17, 15) is 0 Å². The van der Waals surface area contributed by atoms with Gasteiger partial charge in [-0.15, -0.1) is 0 Å². The first kappa shape index (κ1) is 11.4. The van der Waals surface area contributed by atoms with Crippen molar-refractivity contribution in [3.63, 3.8) is 0 Å². The predicted molar refractivity (Wildman–Crippen MR) is 63.6 cm³/mol. The number of hydrogen-bond acceptors (Lipinski definition) is 5. The third-order valence-electron chi connectivity index (χ3n) is 3.26. The largest absolute Gasteiger partial charge is 0.376 e. The fourth-order valence-electron chi connectivity index (χ4n) is 1.85. The standard InChI is InChI=1S/C11H15N3OS/c1-7-9(6-12)10(16-14-7)13-11(3)4-5-15-8(11)2/h8,13H,4-5H2,1-3H3. The first-order valence-corrected chi connectivity index (χ1v) is 6.10. The van der Waals surface area contributed by atoms with Crippen molar-refractivity contribution in [3.05, 3.63) is 11.3 Å². The van der Waals surface area contributed by atoms with Crippen LogP contribution in [0.5, 0.6) is 0 Å². The monoisotopic (exact) mass is 237 g/mol. The van der Waals surface area contributed by atoms with Crippen LogP contribution in [0.4, 0.5) is 5.00 Å². The fraction of sp³-hybridized carbons (Fsp3) is 0.636. The second-order valence-corrected chi connectivity index (χ2v) is 5.16. The maximum absolute atomic E-state index is 9.06. The van der Waals surface area contributed by atoms with Crippen molar-refractivity contribution in [1.29, 1.82) is 5.26 Å². The van der Waals surface area contributed by atoms with Gasteiger partial charge in [-0.25, -0.2) is 0 Å². The lowest BCUT2D eigenvalue weighted by Crippen LogP contribution is -2.41. The fourth-order valence-corrected chi connectivity index (χ4v) is 2.73. The number of ether oxygens (including phenoxy) is 1. The van der Waals surface area contributed by atoms with Crippen molar-refractivity contribution in [3.8, 4) is 6.07 Å². The number of nitrogens with zero attached hydrogens (tertiary/aromatic N) is 2. The Hall–Kier alpha value is -1.12. The maximum Gasteiger partial charge on any atom is 0.128 e. The van der Waals surface area contributed by atoms with Gasteiger partial charge >= 0.3 is 0 Å². The summed E-state index contributed by atoms with van der Waals surface area (Å²) in [6, 6.07) is 2.19. The van der Waals surface area contributed by atoms with E-state index >= 15 is 0 Å². The molecule has 1 aromatic heterocycles. The molecule has 2 heterocycles. The highest BCUT2D eigenvalue weighted by Gasteiger charge is 2.37. The van der Waals surface area contributed by atoms with Gasteiger partial charge in [-0.3, -0.25) is 0 Å². The van der Waals surface area contributed by atoms with Crippen LogP contribution in [0.3, 0.4) is 0 Å². The Morgan fingerprint density at radius 2 is 2.44 bits per heavy atom. The zero-order chi connectivity index (χ0) is 11.8. The van der Waals surface area contributed by atoms with Gasteiger partial charge in [-0.1, -0.05) is 0 Å². The summed E-state index contributed by atoms with van der Waals surface area (Å²) < 4.78 is 9.76. The lowest BCUT2D eigenvalue weighted by atomic mass is 9.95. The average molecular weight is 237 g/mol. The molecule has 5 heteroatoms. The molecule has 0 bridgehead atoms. The van der Waals surface area contributed by atoms with Crippen LogP contribution in [0, 0.1) is 18.3 Å². The summed E-state index contributed by atoms with van der Waals surface area (Å²) >= 11 is 1.35. The van der Waals surface area contributed by atoms with Gasteiger partial charge in [0.05, 0.1) is 17.3 Å². The lowest BCUT2D eigenvalue weighted by molar-refractivity contribution is 0.105. The van der Waals surface area contributed by atoms with Crippen LogP contribution in [0.15, 0.2) is 0 Å². The molecule has 4 nitrogen and oxygen atoms in total. The van der Waals surface area contributed by atoms with Crippen LogP contribution < -0.4 is 5.32 Å². The molecular weight excluding hydrogens is 222 g/mol. The van der Waals surface area contributed by atoms with E-state index in [1.165, 1.54) is 11.5 Å². The molecule has 0 aliphatic carbocycles. The molecule has 1 aromatic rings. The normalized spacial score (nSPS) is 29.0. The van der Waals surface area contributed by atoms with E-state index in [0.29, 0.717) is 5.56 Å². The van der Waals surface area contributed by atoms with E-state index in [2.05, 4.69) is 29.6 Å². The summed E-state index contributed by atoms with van der Waals surface area (Å²) in [5.74, 6) is 0. The second kappa shape index (κ2) is 4.04. The molecule has 0 amide bonds. The summed E-state index contributed by atoms with van der Waals surface area (Å²) in [7, 11) is 0. The molecule has 1 aliphatic rings. The minimum atomic E-state index is -0.0927. The molecule has 2 rings (SSSR count). The van der Waals surface area contributed by atoms with Gasteiger partial charge in [0.2, 0.25) is 0 Å². The van der Waals surface area contributed by atoms with Gasteiger partial charge in [0.15, 0.2) is 0 Å². The molecule has 0 aromatic carbocycles. The molecule has 86 valence electrons. The highest BCUT2D eigenvalue weighted by Crippen LogP contribution is 2.33. The summed E-state index contributed by atoms with van der Waals surface area (Å²) in [4.78, 5) is 0. The van der Waals surface area contributed by atoms with Gasteiger partial charge in [-0.2, -0.15) is 9.64 Å². The van der Waals surface area contributed by atoms with Crippen LogP contribution in [0.25, 0.3) is 0 Å². The van der Waals surface area contributed by atoms with Crippen LogP contribution >= 0.6 is 11.5 Å². The summed E-state index contributed by atoms with van der Waals surface area (Å²) in [5.41, 5.74) is 1.36. The number of aryl methyl sites for hydroxylation is 1. The average Bonchev–Trinajstić information content (AvgIpc) is 2.73. The van der Waals surface area contributed by atoms with Gasteiger partial charge < -0.3 is 10.1 Å². The third-order valence-corrected chi connectivity index (χ3v) is 4.11. The zero-order valence-electron chi connectivity index (χ0n) is 9.70. The van der Waals surface area contributed by atoms with Gasteiger partial charge in [0.25, 0.3) is 0 Å². The Kier molecular flexibility index (Phi) is 2.87. The predicted octanol–water partition coefficient (Wildman–Crippen LogP) is 2.30. The van der Waals surface area contributed by atoms with E-state index in [1.807, 2.05) is 6.92 Å². The molecular formula is C11H15N3OS. The van der Waals surface area contributed by atoms with Crippen molar-refractivity contribution in [2.24, 2.45) is 0 Å². The van der Waals surface area contributed by atoms with E-state index < -0.39 is 0 Å². The molecule has 2 atom stereocenters. The Bertz CT molecular complexity index is 437. The van der Waals surface area contributed by atoms with Crippen LogP contribution in [-0.4, -0.2) is 22.6 Å². The van der Waals surface area contributed by atoms with Crippen molar-refractivity contribution >= 4 is 16.5 Å². The van der Waals surface area contributed by atoms with Crippen molar-refractivity contribution < 1.29 is 4.74 Å². The molecule has 1 aliphatic heterocycles. The Balaban J connectivity index is 2.24. The maximum atomic E-state index is 9.06. The molecule has 0 radical (unpaired) electrons. The number of aromatic nitrogens is 1. The molecule has 2 unspecified atom stereocenters. The zero-order valence-corrected chi connectivity index (χ0v) is 10.5. The van der Waals surface area contributed by atoms with Crippen LogP contribution in [0.2, 0.25) is 0 Å². The Morgan fingerprint density at radius 3 is 3.00 bits per heavy atom. The third kappa shape index (κ3) is 1.79. The molecule has 0 saturated carbocycles.